The molecule has 2 aliphatic heterocycles. The Labute approximate surface area is 129 Å². The third-order valence-electron chi connectivity index (χ3n) is 3.55. The molecule has 7 atom stereocenters. The standard InChI is InChI=1S/C12H18O11/c13-1-3(15)9-10(8(19)11(20)22-9)23-12-7(18)6(17)5(16)4(2-14)21-12/h3-7,9,12-19H,1-2H2. The largest absolute Gasteiger partial charge is 0.499 e. The van der Waals surface area contributed by atoms with E-state index in [9.17, 15) is 30.3 Å². The van der Waals surface area contributed by atoms with Crippen LogP contribution in [0.3, 0.4) is 0 Å². The summed E-state index contributed by atoms with van der Waals surface area (Å²) >= 11 is 0. The summed E-state index contributed by atoms with van der Waals surface area (Å²) in [7, 11) is 0. The van der Waals surface area contributed by atoms with E-state index in [2.05, 4.69) is 4.74 Å². The van der Waals surface area contributed by atoms with Crippen LogP contribution in [-0.2, 0) is 19.0 Å². The minimum atomic E-state index is -1.78. The molecule has 0 amide bonds. The van der Waals surface area contributed by atoms with Crippen molar-refractivity contribution in [2.75, 3.05) is 13.2 Å². The molecule has 2 aliphatic rings. The van der Waals surface area contributed by atoms with Gasteiger partial charge >= 0.3 is 5.97 Å². The molecule has 2 heterocycles. The van der Waals surface area contributed by atoms with Crippen LogP contribution in [0.5, 0.6) is 0 Å². The van der Waals surface area contributed by atoms with E-state index in [1.165, 1.54) is 0 Å². The zero-order valence-electron chi connectivity index (χ0n) is 11.7. The number of rotatable bonds is 5. The maximum atomic E-state index is 11.3. The molecule has 23 heavy (non-hydrogen) atoms. The molecular weight excluding hydrogens is 320 g/mol. The van der Waals surface area contributed by atoms with E-state index in [4.69, 9.17) is 19.7 Å². The highest BCUT2D eigenvalue weighted by molar-refractivity contribution is 5.89. The van der Waals surface area contributed by atoms with Crippen molar-refractivity contribution < 1.29 is 54.8 Å². The number of hydrogen-bond donors (Lipinski definition) is 7. The van der Waals surface area contributed by atoms with Crippen molar-refractivity contribution in [3.8, 4) is 0 Å². The van der Waals surface area contributed by atoms with Crippen LogP contribution in [0.15, 0.2) is 11.5 Å². The van der Waals surface area contributed by atoms with Gasteiger partial charge in [-0.1, -0.05) is 0 Å². The van der Waals surface area contributed by atoms with Crippen molar-refractivity contribution in [2.45, 2.75) is 42.9 Å². The molecule has 0 aromatic rings. The second-order valence-electron chi connectivity index (χ2n) is 5.10. The summed E-state index contributed by atoms with van der Waals surface area (Å²) in [5.74, 6) is -2.83. The van der Waals surface area contributed by atoms with E-state index in [1.807, 2.05) is 0 Å². The van der Waals surface area contributed by atoms with Crippen LogP contribution >= 0.6 is 0 Å². The van der Waals surface area contributed by atoms with Gasteiger partial charge < -0.3 is 50.0 Å². The first-order chi connectivity index (χ1) is 10.8. The van der Waals surface area contributed by atoms with Crippen molar-refractivity contribution in [2.24, 2.45) is 0 Å². The zero-order valence-corrected chi connectivity index (χ0v) is 11.7. The summed E-state index contributed by atoms with van der Waals surface area (Å²) in [6, 6.07) is 0. The Morgan fingerprint density at radius 3 is 2.35 bits per heavy atom. The first-order valence-corrected chi connectivity index (χ1v) is 6.72. The lowest BCUT2D eigenvalue weighted by atomic mass is 9.99. The highest BCUT2D eigenvalue weighted by atomic mass is 16.7. The molecule has 11 nitrogen and oxygen atoms in total. The average molecular weight is 338 g/mol. The van der Waals surface area contributed by atoms with Crippen LogP contribution in [-0.4, -0.2) is 97.8 Å². The first kappa shape index (κ1) is 17.9. The average Bonchev–Trinajstić information content (AvgIpc) is 2.82. The lowest BCUT2D eigenvalue weighted by molar-refractivity contribution is -0.294. The van der Waals surface area contributed by atoms with E-state index < -0.39 is 73.6 Å². The van der Waals surface area contributed by atoms with E-state index in [0.29, 0.717) is 0 Å². The van der Waals surface area contributed by atoms with Gasteiger partial charge in [0.2, 0.25) is 12.0 Å². The molecule has 0 spiro atoms. The normalized spacial score (nSPS) is 39.3. The summed E-state index contributed by atoms with van der Waals surface area (Å²) in [5.41, 5.74) is 0. The predicted molar refractivity (Wildman–Crippen MR) is 67.5 cm³/mol. The molecule has 0 aromatic heterocycles. The zero-order chi connectivity index (χ0) is 17.3. The number of cyclic esters (lactones) is 1. The third-order valence-corrected chi connectivity index (χ3v) is 3.55. The number of ether oxygens (including phenoxy) is 3. The third kappa shape index (κ3) is 3.26. The van der Waals surface area contributed by atoms with Crippen molar-refractivity contribution in [3.63, 3.8) is 0 Å². The Morgan fingerprint density at radius 1 is 1.13 bits per heavy atom. The topological polar surface area (TPSA) is 186 Å². The molecule has 0 saturated carbocycles. The molecule has 0 bridgehead atoms. The van der Waals surface area contributed by atoms with Crippen LogP contribution in [0.4, 0.5) is 0 Å². The van der Waals surface area contributed by atoms with Gasteiger partial charge in [0.25, 0.3) is 0 Å². The minimum Gasteiger partial charge on any atom is -0.499 e. The molecule has 0 radical (unpaired) electrons. The number of hydrogen-bond acceptors (Lipinski definition) is 11. The van der Waals surface area contributed by atoms with Gasteiger partial charge in [-0.15, -0.1) is 0 Å². The molecule has 0 aliphatic carbocycles. The van der Waals surface area contributed by atoms with Gasteiger partial charge in [-0.2, -0.15) is 0 Å². The van der Waals surface area contributed by atoms with E-state index in [0.717, 1.165) is 0 Å². The molecule has 1 saturated heterocycles. The van der Waals surface area contributed by atoms with Crippen molar-refractivity contribution >= 4 is 5.97 Å². The Kier molecular flexibility index (Phi) is 5.41. The monoisotopic (exact) mass is 338 g/mol. The van der Waals surface area contributed by atoms with Crippen LogP contribution in [0, 0.1) is 0 Å². The lowest BCUT2D eigenvalue weighted by Gasteiger charge is -2.40. The molecule has 11 heteroatoms. The fraction of sp³-hybridized carbons (Fsp3) is 0.750. The Hall–Kier alpha value is -1.47. The first-order valence-electron chi connectivity index (χ1n) is 6.72. The quantitative estimate of drug-likeness (QED) is 0.241. The maximum Gasteiger partial charge on any atom is 0.378 e. The summed E-state index contributed by atoms with van der Waals surface area (Å²) in [6.07, 6.45) is -11.2. The Morgan fingerprint density at radius 2 is 1.78 bits per heavy atom. The van der Waals surface area contributed by atoms with Crippen LogP contribution in [0.25, 0.3) is 0 Å². The van der Waals surface area contributed by atoms with Gasteiger partial charge in [0.1, 0.15) is 30.5 Å². The highest BCUT2D eigenvalue weighted by Crippen LogP contribution is 2.30. The van der Waals surface area contributed by atoms with Gasteiger partial charge in [-0.25, -0.2) is 4.79 Å². The smallest absolute Gasteiger partial charge is 0.378 e. The second kappa shape index (κ2) is 6.97. The molecule has 7 unspecified atom stereocenters. The Bertz CT molecular complexity index is 476. The number of carbonyl (C=O) groups is 1. The van der Waals surface area contributed by atoms with E-state index in [1.54, 1.807) is 0 Å². The van der Waals surface area contributed by atoms with Crippen molar-refractivity contribution in [1.29, 1.82) is 0 Å². The summed E-state index contributed by atoms with van der Waals surface area (Å²) in [6.45, 7) is -1.51. The van der Waals surface area contributed by atoms with Crippen LogP contribution < -0.4 is 0 Å². The number of aliphatic hydroxyl groups is 7. The van der Waals surface area contributed by atoms with Crippen molar-refractivity contribution in [3.05, 3.63) is 11.5 Å². The number of esters is 1. The van der Waals surface area contributed by atoms with Crippen LogP contribution in [0.1, 0.15) is 0 Å². The number of aliphatic hydroxyl groups excluding tert-OH is 7. The van der Waals surface area contributed by atoms with Gasteiger partial charge in [-0.3, -0.25) is 0 Å². The maximum absolute atomic E-state index is 11.3. The molecule has 2 rings (SSSR count). The SMILES string of the molecule is O=C1OC(C(O)CO)C(OC2OC(CO)C(O)C(O)C2O)=C1O. The van der Waals surface area contributed by atoms with Crippen molar-refractivity contribution in [1.82, 2.24) is 0 Å². The Balaban J connectivity index is 2.20. The minimum absolute atomic E-state index is 0.610. The summed E-state index contributed by atoms with van der Waals surface area (Å²) < 4.78 is 14.8. The fourth-order valence-electron chi connectivity index (χ4n) is 2.22. The fourth-order valence-corrected chi connectivity index (χ4v) is 2.22. The predicted octanol–water partition coefficient (Wildman–Crippen LogP) is -4.15. The molecule has 7 N–H and O–H groups in total. The molecule has 1 fully saturated rings. The van der Waals surface area contributed by atoms with Gasteiger partial charge in [0.05, 0.1) is 13.2 Å². The summed E-state index contributed by atoms with van der Waals surface area (Å²) in [5, 5.41) is 66.3. The molecule has 132 valence electrons. The number of carbonyl (C=O) groups excluding carboxylic acids is 1. The molecule has 0 aromatic carbocycles. The lowest BCUT2D eigenvalue weighted by Crippen LogP contribution is -2.59. The molecular formula is C12H18O11. The van der Waals surface area contributed by atoms with E-state index >= 15 is 0 Å². The second-order valence-corrected chi connectivity index (χ2v) is 5.10. The summed E-state index contributed by atoms with van der Waals surface area (Å²) in [4.78, 5) is 11.3. The van der Waals surface area contributed by atoms with Gasteiger partial charge in [0.15, 0.2) is 11.9 Å². The highest BCUT2D eigenvalue weighted by Gasteiger charge is 2.48. The van der Waals surface area contributed by atoms with Gasteiger partial charge in [-0.05, 0) is 0 Å². The van der Waals surface area contributed by atoms with Gasteiger partial charge in [0, 0.05) is 0 Å². The van der Waals surface area contributed by atoms with E-state index in [-0.39, 0.29) is 0 Å². The van der Waals surface area contributed by atoms with Crippen LogP contribution in [0.2, 0.25) is 0 Å².